The maximum absolute atomic E-state index is 9.63. The van der Waals surface area contributed by atoms with E-state index in [1.807, 2.05) is 18.2 Å². The largest absolute Gasteiger partial charge is 0.504 e. The first kappa shape index (κ1) is 16.2. The molecule has 2 N–H and O–H groups in total. The summed E-state index contributed by atoms with van der Waals surface area (Å²) in [6.07, 6.45) is 1.59. The maximum atomic E-state index is 9.63. The number of ether oxygens (including phenoxy) is 1. The normalized spacial score (nSPS) is 11.1. The van der Waals surface area contributed by atoms with Crippen molar-refractivity contribution in [2.45, 2.75) is 0 Å². The number of halogens is 1. The van der Waals surface area contributed by atoms with Gasteiger partial charge >= 0.3 is 0 Å². The number of rotatable bonds is 4. The van der Waals surface area contributed by atoms with Crippen LogP contribution in [-0.4, -0.2) is 33.3 Å². The number of H-pyrrole nitrogens is 1. The molecule has 6 nitrogen and oxygen atoms in total. The van der Waals surface area contributed by atoms with Crippen molar-refractivity contribution in [3.05, 3.63) is 57.8 Å². The van der Waals surface area contributed by atoms with Crippen LogP contribution in [0.1, 0.15) is 5.56 Å². The smallest absolute Gasteiger partial charge is 0.216 e. The quantitative estimate of drug-likeness (QED) is 0.547. The van der Waals surface area contributed by atoms with Crippen molar-refractivity contribution >= 4 is 30.0 Å². The highest BCUT2D eigenvalue weighted by Gasteiger charge is 2.11. The molecule has 122 valence electrons. The lowest BCUT2D eigenvalue weighted by atomic mass is 10.2. The number of aromatic nitrogens is 3. The van der Waals surface area contributed by atoms with Crippen LogP contribution in [-0.2, 0) is 0 Å². The monoisotopic (exact) mass is 360 g/mol. The lowest BCUT2D eigenvalue weighted by Gasteiger charge is -2.04. The van der Waals surface area contributed by atoms with Crippen LogP contribution in [0.4, 0.5) is 0 Å². The Hall–Kier alpha value is -2.64. The van der Waals surface area contributed by atoms with E-state index in [1.165, 1.54) is 17.9 Å². The van der Waals surface area contributed by atoms with Gasteiger partial charge in [0.1, 0.15) is 0 Å². The number of phenols is 1. The minimum Gasteiger partial charge on any atom is -0.504 e. The van der Waals surface area contributed by atoms with Crippen LogP contribution in [0.15, 0.2) is 47.6 Å². The van der Waals surface area contributed by atoms with E-state index in [-0.39, 0.29) is 5.75 Å². The van der Waals surface area contributed by atoms with Gasteiger partial charge in [0.05, 0.1) is 18.3 Å². The van der Waals surface area contributed by atoms with Gasteiger partial charge in [0, 0.05) is 5.56 Å². The molecule has 3 rings (SSSR count). The number of aromatic hydroxyl groups is 1. The summed E-state index contributed by atoms with van der Waals surface area (Å²) in [5.74, 6) is 0.931. The van der Waals surface area contributed by atoms with Crippen molar-refractivity contribution in [3.8, 4) is 22.9 Å². The Morgan fingerprint density at radius 3 is 2.88 bits per heavy atom. The van der Waals surface area contributed by atoms with Crippen LogP contribution in [0.25, 0.3) is 11.4 Å². The average Bonchev–Trinajstić information content (AvgIpc) is 2.95. The van der Waals surface area contributed by atoms with Crippen LogP contribution >= 0.6 is 23.8 Å². The van der Waals surface area contributed by atoms with Gasteiger partial charge in [-0.2, -0.15) is 14.9 Å². The number of nitrogens with zero attached hydrogens (tertiary/aromatic N) is 3. The van der Waals surface area contributed by atoms with E-state index < -0.39 is 0 Å². The Labute approximate surface area is 148 Å². The Balaban J connectivity index is 2.01. The number of benzene rings is 2. The third-order valence-corrected chi connectivity index (χ3v) is 3.89. The summed E-state index contributed by atoms with van der Waals surface area (Å²) >= 11 is 11.4. The first-order chi connectivity index (χ1) is 11.6. The van der Waals surface area contributed by atoms with E-state index in [0.717, 1.165) is 5.56 Å². The van der Waals surface area contributed by atoms with Gasteiger partial charge in [-0.25, -0.2) is 5.10 Å². The number of nitrogens with one attached hydrogen (secondary N) is 1. The molecule has 0 amide bonds. The number of methoxy groups -OCH3 is 1. The fourth-order valence-electron chi connectivity index (χ4n) is 2.11. The molecule has 1 heterocycles. The third-order valence-electron chi connectivity index (χ3n) is 3.29. The fraction of sp³-hybridized carbons (Fsp3) is 0.0625. The van der Waals surface area contributed by atoms with Gasteiger partial charge in [-0.3, -0.25) is 0 Å². The zero-order valence-electron chi connectivity index (χ0n) is 12.6. The molecule has 0 radical (unpaired) electrons. The zero-order chi connectivity index (χ0) is 17.1. The lowest BCUT2D eigenvalue weighted by Crippen LogP contribution is -1.96. The summed E-state index contributed by atoms with van der Waals surface area (Å²) in [5, 5.41) is 21.4. The second kappa shape index (κ2) is 6.86. The first-order valence-corrected chi connectivity index (χ1v) is 7.72. The van der Waals surface area contributed by atoms with Gasteiger partial charge in [-0.15, -0.1) is 0 Å². The van der Waals surface area contributed by atoms with E-state index in [2.05, 4.69) is 15.3 Å². The molecule has 0 spiro atoms. The summed E-state index contributed by atoms with van der Waals surface area (Å²) in [5.41, 5.74) is 1.45. The fourth-order valence-corrected chi connectivity index (χ4v) is 2.51. The van der Waals surface area contributed by atoms with Gasteiger partial charge in [0.25, 0.3) is 0 Å². The lowest BCUT2D eigenvalue weighted by molar-refractivity contribution is 0.373. The predicted octanol–water partition coefficient (Wildman–Crippen LogP) is 3.86. The van der Waals surface area contributed by atoms with E-state index in [4.69, 9.17) is 28.6 Å². The second-order valence-electron chi connectivity index (χ2n) is 4.82. The summed E-state index contributed by atoms with van der Waals surface area (Å²) in [6.45, 7) is 0. The average molecular weight is 361 g/mol. The van der Waals surface area contributed by atoms with E-state index in [0.29, 0.717) is 26.9 Å². The molecular weight excluding hydrogens is 348 g/mol. The third kappa shape index (κ3) is 3.17. The SMILES string of the molecule is COc1cc(/C=N/n2c(-c3ccccc3Cl)n[nH]c2=S)ccc1O. The van der Waals surface area contributed by atoms with Crippen LogP contribution in [0, 0.1) is 4.77 Å². The first-order valence-electron chi connectivity index (χ1n) is 6.94. The number of aromatic amines is 1. The number of hydrogen-bond acceptors (Lipinski definition) is 5. The van der Waals surface area contributed by atoms with E-state index >= 15 is 0 Å². The highest BCUT2D eigenvalue weighted by Crippen LogP contribution is 2.27. The summed E-state index contributed by atoms with van der Waals surface area (Å²) in [4.78, 5) is 0. The predicted molar refractivity (Wildman–Crippen MR) is 95.5 cm³/mol. The Morgan fingerprint density at radius 2 is 2.12 bits per heavy atom. The molecule has 0 aliphatic heterocycles. The van der Waals surface area contributed by atoms with E-state index in [1.54, 1.807) is 24.4 Å². The molecule has 24 heavy (non-hydrogen) atoms. The van der Waals surface area contributed by atoms with Gasteiger partial charge in [-0.1, -0.05) is 23.7 Å². The molecule has 0 bridgehead atoms. The summed E-state index contributed by atoms with van der Waals surface area (Å²) in [7, 11) is 1.48. The molecule has 1 aromatic heterocycles. The minimum atomic E-state index is 0.0614. The molecule has 0 unspecified atom stereocenters. The van der Waals surface area contributed by atoms with Crippen molar-refractivity contribution in [1.29, 1.82) is 0 Å². The maximum Gasteiger partial charge on any atom is 0.216 e. The number of phenolic OH excluding ortho intramolecular Hbond substituents is 1. The Kier molecular flexibility index (Phi) is 4.64. The molecule has 0 atom stereocenters. The molecule has 0 aliphatic carbocycles. The zero-order valence-corrected chi connectivity index (χ0v) is 14.2. The van der Waals surface area contributed by atoms with E-state index in [9.17, 15) is 5.11 Å². The summed E-state index contributed by atoms with van der Waals surface area (Å²) < 4.78 is 6.90. The highest BCUT2D eigenvalue weighted by atomic mass is 35.5. The van der Waals surface area contributed by atoms with Gasteiger partial charge in [0.2, 0.25) is 4.77 Å². The standard InChI is InChI=1S/C16H13ClN4O2S/c1-23-14-8-10(6-7-13(14)22)9-18-21-15(19-20-16(21)24)11-4-2-3-5-12(11)17/h2-9,22H,1H3,(H,20,24)/b18-9+. The highest BCUT2D eigenvalue weighted by molar-refractivity contribution is 7.71. The van der Waals surface area contributed by atoms with Gasteiger partial charge < -0.3 is 9.84 Å². The van der Waals surface area contributed by atoms with Gasteiger partial charge in [-0.05, 0) is 48.1 Å². The van der Waals surface area contributed by atoms with Crippen molar-refractivity contribution in [2.24, 2.45) is 5.10 Å². The van der Waals surface area contributed by atoms with Crippen LogP contribution < -0.4 is 4.74 Å². The Bertz CT molecular complexity index is 965. The molecule has 0 saturated heterocycles. The van der Waals surface area contributed by atoms with Crippen molar-refractivity contribution in [3.63, 3.8) is 0 Å². The molecule has 0 fully saturated rings. The molecule has 2 aromatic carbocycles. The summed E-state index contributed by atoms with van der Waals surface area (Å²) in [6, 6.07) is 12.2. The van der Waals surface area contributed by atoms with Crippen LogP contribution in [0.5, 0.6) is 11.5 Å². The molecular formula is C16H13ClN4O2S. The minimum absolute atomic E-state index is 0.0614. The van der Waals surface area contributed by atoms with Crippen molar-refractivity contribution in [1.82, 2.24) is 14.9 Å². The molecule has 8 heteroatoms. The molecule has 0 aliphatic rings. The molecule has 0 saturated carbocycles. The van der Waals surface area contributed by atoms with Crippen molar-refractivity contribution < 1.29 is 9.84 Å². The van der Waals surface area contributed by atoms with Crippen LogP contribution in [0.2, 0.25) is 5.02 Å². The second-order valence-corrected chi connectivity index (χ2v) is 5.61. The molecule has 3 aromatic rings. The Morgan fingerprint density at radius 1 is 1.33 bits per heavy atom. The van der Waals surface area contributed by atoms with Gasteiger partial charge in [0.15, 0.2) is 17.3 Å². The number of hydrogen-bond donors (Lipinski definition) is 2. The van der Waals surface area contributed by atoms with Crippen molar-refractivity contribution in [2.75, 3.05) is 7.11 Å². The topological polar surface area (TPSA) is 75.4 Å². The van der Waals surface area contributed by atoms with Crippen LogP contribution in [0.3, 0.4) is 0 Å².